The standard InChI is InChI=1S/C7H8ClN3O2S/c1-4-6(14-3-9-4)7(13)11-10-5(12)2-8/h3H,2H2,1H3,(H,10,12)(H,11,13). The number of hydrogen-bond donors (Lipinski definition) is 2. The van der Waals surface area contributed by atoms with Crippen LogP contribution < -0.4 is 10.9 Å². The molecule has 0 aliphatic heterocycles. The van der Waals surface area contributed by atoms with Crippen LogP contribution in [0.25, 0.3) is 0 Å². The van der Waals surface area contributed by atoms with Crippen molar-refractivity contribution in [2.45, 2.75) is 6.92 Å². The molecule has 0 aliphatic rings. The minimum Gasteiger partial charge on any atom is -0.272 e. The van der Waals surface area contributed by atoms with E-state index in [1.165, 1.54) is 11.3 Å². The number of nitrogens with one attached hydrogen (secondary N) is 2. The molecule has 1 aromatic heterocycles. The number of aromatic nitrogens is 1. The maximum absolute atomic E-state index is 11.3. The number of hydrogen-bond acceptors (Lipinski definition) is 4. The minimum atomic E-state index is -0.456. The van der Waals surface area contributed by atoms with E-state index in [4.69, 9.17) is 11.6 Å². The highest BCUT2D eigenvalue weighted by Crippen LogP contribution is 2.10. The first-order valence-electron chi connectivity index (χ1n) is 3.70. The Morgan fingerprint density at radius 3 is 2.79 bits per heavy atom. The van der Waals surface area contributed by atoms with Crippen LogP contribution in [-0.2, 0) is 4.79 Å². The van der Waals surface area contributed by atoms with Crippen LogP contribution >= 0.6 is 22.9 Å². The first-order valence-corrected chi connectivity index (χ1v) is 5.11. The zero-order valence-corrected chi connectivity index (χ0v) is 8.91. The maximum atomic E-state index is 11.3. The molecule has 0 aromatic carbocycles. The molecule has 7 heteroatoms. The second-order valence-corrected chi connectivity index (χ2v) is 3.52. The first-order chi connectivity index (χ1) is 6.65. The largest absolute Gasteiger partial charge is 0.281 e. The van der Waals surface area contributed by atoms with E-state index in [1.54, 1.807) is 12.4 Å². The van der Waals surface area contributed by atoms with Gasteiger partial charge in [-0.25, -0.2) is 4.98 Å². The molecule has 0 fully saturated rings. The Morgan fingerprint density at radius 2 is 2.29 bits per heavy atom. The summed E-state index contributed by atoms with van der Waals surface area (Å²) in [6, 6.07) is 0. The van der Waals surface area contributed by atoms with Crippen LogP contribution in [0.1, 0.15) is 15.4 Å². The molecule has 0 saturated heterocycles. The van der Waals surface area contributed by atoms with E-state index in [0.29, 0.717) is 10.6 Å². The molecule has 1 aromatic rings. The van der Waals surface area contributed by atoms with Gasteiger partial charge in [0.1, 0.15) is 10.8 Å². The van der Waals surface area contributed by atoms with Crippen molar-refractivity contribution in [3.63, 3.8) is 0 Å². The van der Waals surface area contributed by atoms with Crippen LogP contribution in [0.5, 0.6) is 0 Å². The molecule has 0 radical (unpaired) electrons. The molecule has 0 spiro atoms. The fourth-order valence-corrected chi connectivity index (χ4v) is 1.50. The van der Waals surface area contributed by atoms with Gasteiger partial charge in [0.25, 0.3) is 11.8 Å². The number of carbonyl (C=O) groups excluding carboxylic acids is 2. The fraction of sp³-hybridized carbons (Fsp3) is 0.286. The van der Waals surface area contributed by atoms with Crippen LogP contribution in [0, 0.1) is 6.92 Å². The van der Waals surface area contributed by atoms with E-state index in [0.717, 1.165) is 0 Å². The summed E-state index contributed by atoms with van der Waals surface area (Å²) in [6.45, 7) is 1.72. The third kappa shape index (κ3) is 2.68. The van der Waals surface area contributed by atoms with Gasteiger partial charge in [-0.3, -0.25) is 20.4 Å². The Morgan fingerprint density at radius 1 is 1.57 bits per heavy atom. The van der Waals surface area contributed by atoms with E-state index in [2.05, 4.69) is 15.8 Å². The highest BCUT2D eigenvalue weighted by molar-refractivity contribution is 7.11. The predicted octanol–water partition coefficient (Wildman–Crippen LogP) is 0.451. The molecule has 0 aliphatic carbocycles. The summed E-state index contributed by atoms with van der Waals surface area (Å²) in [6.07, 6.45) is 0. The average Bonchev–Trinajstić information content (AvgIpc) is 2.60. The van der Waals surface area contributed by atoms with Gasteiger partial charge in [0, 0.05) is 0 Å². The molecule has 2 N–H and O–H groups in total. The SMILES string of the molecule is Cc1ncsc1C(=O)NNC(=O)CCl. The van der Waals surface area contributed by atoms with Crippen molar-refractivity contribution in [2.75, 3.05) is 5.88 Å². The van der Waals surface area contributed by atoms with Gasteiger partial charge in [-0.1, -0.05) is 0 Å². The van der Waals surface area contributed by atoms with E-state index >= 15 is 0 Å². The lowest BCUT2D eigenvalue weighted by molar-refractivity contribution is -0.119. The van der Waals surface area contributed by atoms with Crippen LogP contribution in [-0.4, -0.2) is 22.7 Å². The molecule has 1 heterocycles. The second kappa shape index (κ2) is 4.92. The smallest absolute Gasteiger partial charge is 0.272 e. The second-order valence-electron chi connectivity index (χ2n) is 2.40. The Labute approximate surface area is 89.4 Å². The van der Waals surface area contributed by atoms with E-state index < -0.39 is 5.91 Å². The summed E-state index contributed by atoms with van der Waals surface area (Å²) in [5, 5.41) is 0. The molecule has 0 atom stereocenters. The predicted molar refractivity (Wildman–Crippen MR) is 53.2 cm³/mol. The molecule has 76 valence electrons. The Balaban J connectivity index is 2.52. The summed E-state index contributed by atoms with van der Waals surface area (Å²) < 4.78 is 0. The third-order valence-corrected chi connectivity index (χ3v) is 2.56. The van der Waals surface area contributed by atoms with Crippen molar-refractivity contribution < 1.29 is 9.59 Å². The zero-order valence-electron chi connectivity index (χ0n) is 7.33. The fourth-order valence-electron chi connectivity index (χ4n) is 0.736. The van der Waals surface area contributed by atoms with Gasteiger partial charge in [0.2, 0.25) is 0 Å². The van der Waals surface area contributed by atoms with Gasteiger partial charge in [0.05, 0.1) is 11.2 Å². The Bertz CT molecular complexity index is 352. The minimum absolute atomic E-state index is 0.193. The maximum Gasteiger partial charge on any atom is 0.281 e. The Kier molecular flexibility index (Phi) is 3.84. The molecular formula is C7H8ClN3O2S. The van der Waals surface area contributed by atoms with Crippen LogP contribution in [0.4, 0.5) is 0 Å². The number of carbonyl (C=O) groups is 2. The number of aryl methyl sites for hydroxylation is 1. The lowest BCUT2D eigenvalue weighted by Gasteiger charge is -2.03. The number of hydrazine groups is 1. The monoisotopic (exact) mass is 233 g/mol. The highest BCUT2D eigenvalue weighted by atomic mass is 35.5. The van der Waals surface area contributed by atoms with Gasteiger partial charge in [-0.2, -0.15) is 0 Å². The van der Waals surface area contributed by atoms with Gasteiger partial charge in [-0.15, -0.1) is 22.9 Å². The number of thiazole rings is 1. The normalized spacial score (nSPS) is 9.57. The topological polar surface area (TPSA) is 71.1 Å². The molecular weight excluding hydrogens is 226 g/mol. The molecule has 0 saturated carbocycles. The van der Waals surface area contributed by atoms with Crippen molar-refractivity contribution in [3.05, 3.63) is 16.1 Å². The van der Waals surface area contributed by atoms with Crippen molar-refractivity contribution in [2.24, 2.45) is 0 Å². The number of halogens is 1. The zero-order chi connectivity index (χ0) is 10.6. The summed E-state index contributed by atoms with van der Waals surface area (Å²) in [5.74, 6) is -1.03. The summed E-state index contributed by atoms with van der Waals surface area (Å²) in [4.78, 5) is 26.4. The van der Waals surface area contributed by atoms with Gasteiger partial charge >= 0.3 is 0 Å². The lowest BCUT2D eigenvalue weighted by Crippen LogP contribution is -2.42. The number of rotatable bonds is 2. The van der Waals surface area contributed by atoms with Crippen molar-refractivity contribution in [1.82, 2.24) is 15.8 Å². The van der Waals surface area contributed by atoms with Crippen LogP contribution in [0.2, 0.25) is 0 Å². The van der Waals surface area contributed by atoms with Crippen molar-refractivity contribution >= 4 is 34.8 Å². The molecule has 0 bridgehead atoms. The quantitative estimate of drug-likeness (QED) is 0.576. The van der Waals surface area contributed by atoms with Crippen molar-refractivity contribution in [1.29, 1.82) is 0 Å². The van der Waals surface area contributed by atoms with Crippen LogP contribution in [0.3, 0.4) is 0 Å². The summed E-state index contributed by atoms with van der Waals surface area (Å²) in [7, 11) is 0. The average molecular weight is 234 g/mol. The van der Waals surface area contributed by atoms with Gasteiger partial charge in [0.15, 0.2) is 0 Å². The lowest BCUT2D eigenvalue weighted by atomic mass is 10.4. The number of nitrogens with zero attached hydrogens (tertiary/aromatic N) is 1. The van der Waals surface area contributed by atoms with Gasteiger partial charge < -0.3 is 0 Å². The molecule has 0 unspecified atom stereocenters. The number of alkyl halides is 1. The van der Waals surface area contributed by atoms with E-state index in [1.807, 2.05) is 0 Å². The summed E-state index contributed by atoms with van der Waals surface area (Å²) >= 11 is 6.43. The Hall–Kier alpha value is -1.14. The molecule has 2 amide bonds. The first kappa shape index (κ1) is 10.9. The van der Waals surface area contributed by atoms with Crippen molar-refractivity contribution in [3.8, 4) is 0 Å². The van der Waals surface area contributed by atoms with Gasteiger partial charge in [-0.05, 0) is 6.92 Å². The highest BCUT2D eigenvalue weighted by Gasteiger charge is 2.11. The van der Waals surface area contributed by atoms with E-state index in [-0.39, 0.29) is 11.8 Å². The third-order valence-electron chi connectivity index (χ3n) is 1.39. The van der Waals surface area contributed by atoms with E-state index in [9.17, 15) is 9.59 Å². The molecule has 14 heavy (non-hydrogen) atoms. The molecule has 1 rings (SSSR count). The van der Waals surface area contributed by atoms with Crippen LogP contribution in [0.15, 0.2) is 5.51 Å². The number of amides is 2. The molecule has 5 nitrogen and oxygen atoms in total. The summed E-state index contributed by atoms with van der Waals surface area (Å²) in [5.41, 5.74) is 6.58.